The standard InChI is InChI=1S/C36H47N5O4/c1-36(2,3)39-35(45)31-24-40(22-26-12-9-15-37-21-26)16-17-41(31)23-29(42)19-28(18-25-10-5-4-6-11-25)34(44)38-33-30-14-8-7-13-27(30)20-32(33)43/h4-15,21,28-29,31-33,42-43H,16-20,22-24H2,1-3H3,(H,38,44)(H,39,45)/t28?,29?,31?,32-,33+/m1/s1. The van der Waals surface area contributed by atoms with Crippen molar-refractivity contribution < 1.29 is 19.8 Å². The van der Waals surface area contributed by atoms with E-state index in [1.54, 1.807) is 6.20 Å². The second kappa shape index (κ2) is 14.6. The van der Waals surface area contributed by atoms with Gasteiger partial charge in [0.05, 0.1) is 18.2 Å². The number of carbonyl (C=O) groups excluding carboxylic acids is 2. The number of rotatable bonds is 11. The predicted molar refractivity (Wildman–Crippen MR) is 174 cm³/mol. The van der Waals surface area contributed by atoms with Gasteiger partial charge < -0.3 is 20.8 Å². The largest absolute Gasteiger partial charge is 0.392 e. The van der Waals surface area contributed by atoms with E-state index in [0.29, 0.717) is 32.5 Å². The molecule has 1 aliphatic carbocycles. The molecule has 1 saturated heterocycles. The molecule has 4 N–H and O–H groups in total. The van der Waals surface area contributed by atoms with Crippen molar-refractivity contribution in [2.45, 2.75) is 76.4 Å². The van der Waals surface area contributed by atoms with Crippen LogP contribution in [0, 0.1) is 5.92 Å². The van der Waals surface area contributed by atoms with E-state index in [4.69, 9.17) is 0 Å². The van der Waals surface area contributed by atoms with Crippen LogP contribution in [-0.4, -0.2) is 86.8 Å². The van der Waals surface area contributed by atoms with Crippen LogP contribution < -0.4 is 10.6 Å². The van der Waals surface area contributed by atoms with Gasteiger partial charge in [-0.15, -0.1) is 0 Å². The zero-order valence-corrected chi connectivity index (χ0v) is 26.6. The summed E-state index contributed by atoms with van der Waals surface area (Å²) in [5.41, 5.74) is 3.68. The van der Waals surface area contributed by atoms with Gasteiger partial charge in [-0.2, -0.15) is 0 Å². The fraction of sp³-hybridized carbons (Fsp3) is 0.472. The van der Waals surface area contributed by atoms with E-state index in [0.717, 1.165) is 28.8 Å². The lowest BCUT2D eigenvalue weighted by molar-refractivity contribution is -0.132. The Morgan fingerprint density at radius 3 is 2.47 bits per heavy atom. The Balaban J connectivity index is 1.29. The van der Waals surface area contributed by atoms with Gasteiger partial charge in [0, 0.05) is 63.0 Å². The molecule has 240 valence electrons. The maximum atomic E-state index is 13.8. The Morgan fingerprint density at radius 2 is 1.73 bits per heavy atom. The molecule has 45 heavy (non-hydrogen) atoms. The Labute approximate surface area is 266 Å². The third-order valence-corrected chi connectivity index (χ3v) is 8.70. The van der Waals surface area contributed by atoms with Crippen LogP contribution in [0.1, 0.15) is 55.5 Å². The van der Waals surface area contributed by atoms with Crippen molar-refractivity contribution >= 4 is 11.8 Å². The Bertz CT molecular complexity index is 1410. The van der Waals surface area contributed by atoms with E-state index < -0.39 is 35.7 Å². The van der Waals surface area contributed by atoms with Crippen LogP contribution in [0.15, 0.2) is 79.1 Å². The van der Waals surface area contributed by atoms with Crippen molar-refractivity contribution in [2.24, 2.45) is 5.92 Å². The van der Waals surface area contributed by atoms with Gasteiger partial charge in [0.25, 0.3) is 0 Å². The van der Waals surface area contributed by atoms with Gasteiger partial charge in [-0.3, -0.25) is 24.4 Å². The van der Waals surface area contributed by atoms with Crippen LogP contribution in [0.4, 0.5) is 0 Å². The van der Waals surface area contributed by atoms with E-state index >= 15 is 0 Å². The Morgan fingerprint density at radius 1 is 1.00 bits per heavy atom. The minimum Gasteiger partial charge on any atom is -0.392 e. The van der Waals surface area contributed by atoms with Gasteiger partial charge in [0.2, 0.25) is 11.8 Å². The SMILES string of the molecule is CC(C)(C)NC(=O)C1CN(Cc2cccnc2)CCN1CC(O)CC(Cc1ccccc1)C(=O)N[C@H]1c2ccccc2C[C@H]1O. The molecule has 3 unspecified atom stereocenters. The molecule has 3 aromatic rings. The van der Waals surface area contributed by atoms with Crippen molar-refractivity contribution in [3.8, 4) is 0 Å². The highest BCUT2D eigenvalue weighted by atomic mass is 16.3. The van der Waals surface area contributed by atoms with E-state index in [-0.39, 0.29) is 24.8 Å². The second-order valence-electron chi connectivity index (χ2n) is 13.6. The molecule has 2 amide bonds. The highest BCUT2D eigenvalue weighted by molar-refractivity contribution is 5.83. The number of nitrogens with zero attached hydrogens (tertiary/aromatic N) is 3. The third-order valence-electron chi connectivity index (χ3n) is 8.70. The lowest BCUT2D eigenvalue weighted by Gasteiger charge is -2.42. The highest BCUT2D eigenvalue weighted by Gasteiger charge is 2.37. The molecular formula is C36H47N5O4. The maximum absolute atomic E-state index is 13.8. The molecule has 1 fully saturated rings. The van der Waals surface area contributed by atoms with Gasteiger partial charge in [-0.1, -0.05) is 60.7 Å². The van der Waals surface area contributed by atoms with Crippen LogP contribution in [-0.2, 0) is 29.0 Å². The molecule has 0 saturated carbocycles. The summed E-state index contributed by atoms with van der Waals surface area (Å²) >= 11 is 0. The first-order valence-corrected chi connectivity index (χ1v) is 16.0. The first-order chi connectivity index (χ1) is 21.6. The summed E-state index contributed by atoms with van der Waals surface area (Å²) in [4.78, 5) is 35.9. The molecule has 2 aromatic carbocycles. The number of carbonyl (C=O) groups is 2. The first-order valence-electron chi connectivity index (χ1n) is 16.0. The number of nitrogens with one attached hydrogen (secondary N) is 2. The number of benzene rings is 2. The predicted octanol–water partition coefficient (Wildman–Crippen LogP) is 2.87. The molecule has 2 heterocycles. The number of β-amino-alcohol motifs (C(OH)–C–C–N with tert-alkyl or cyclic N) is 1. The topological polar surface area (TPSA) is 118 Å². The van der Waals surface area contributed by atoms with Gasteiger partial charge in [0.15, 0.2) is 0 Å². The molecule has 2 aliphatic rings. The van der Waals surface area contributed by atoms with Crippen LogP contribution >= 0.6 is 0 Å². The molecule has 1 aromatic heterocycles. The van der Waals surface area contributed by atoms with E-state index in [1.807, 2.05) is 93.7 Å². The highest BCUT2D eigenvalue weighted by Crippen LogP contribution is 2.32. The first kappa shape index (κ1) is 32.8. The fourth-order valence-electron chi connectivity index (χ4n) is 6.56. The number of aromatic nitrogens is 1. The summed E-state index contributed by atoms with van der Waals surface area (Å²) in [6.07, 6.45) is 3.26. The zero-order chi connectivity index (χ0) is 32.0. The summed E-state index contributed by atoms with van der Waals surface area (Å²) in [5.74, 6) is -0.781. The van der Waals surface area contributed by atoms with Crippen molar-refractivity contribution in [1.82, 2.24) is 25.4 Å². The van der Waals surface area contributed by atoms with Crippen LogP contribution in [0.2, 0.25) is 0 Å². The second-order valence-corrected chi connectivity index (χ2v) is 13.6. The van der Waals surface area contributed by atoms with Gasteiger partial charge in [-0.25, -0.2) is 0 Å². The van der Waals surface area contributed by atoms with E-state index in [2.05, 4.69) is 25.4 Å². The number of piperazine rings is 1. The average Bonchev–Trinajstić information content (AvgIpc) is 3.32. The number of hydrogen-bond acceptors (Lipinski definition) is 7. The van der Waals surface area contributed by atoms with Crippen molar-refractivity contribution in [1.29, 1.82) is 0 Å². The molecule has 5 atom stereocenters. The Hall–Kier alpha value is -3.63. The number of amides is 2. The molecule has 0 spiro atoms. The number of hydrogen-bond donors (Lipinski definition) is 4. The minimum absolute atomic E-state index is 0.0712. The summed E-state index contributed by atoms with van der Waals surface area (Å²) in [6, 6.07) is 20.6. The lowest BCUT2D eigenvalue weighted by atomic mass is 9.91. The van der Waals surface area contributed by atoms with Crippen molar-refractivity contribution in [2.75, 3.05) is 26.2 Å². The molecule has 0 radical (unpaired) electrons. The van der Waals surface area contributed by atoms with E-state index in [9.17, 15) is 19.8 Å². The number of aliphatic hydroxyl groups excluding tert-OH is 2. The average molecular weight is 614 g/mol. The van der Waals surface area contributed by atoms with Crippen molar-refractivity contribution in [3.63, 3.8) is 0 Å². The fourth-order valence-corrected chi connectivity index (χ4v) is 6.56. The molecule has 9 nitrogen and oxygen atoms in total. The smallest absolute Gasteiger partial charge is 0.239 e. The maximum Gasteiger partial charge on any atom is 0.239 e. The van der Waals surface area contributed by atoms with Crippen molar-refractivity contribution in [3.05, 3.63) is 101 Å². The lowest BCUT2D eigenvalue weighted by Crippen LogP contribution is -2.61. The number of fused-ring (bicyclic) bond motifs is 1. The van der Waals surface area contributed by atoms with Crippen LogP contribution in [0.3, 0.4) is 0 Å². The summed E-state index contributed by atoms with van der Waals surface area (Å²) in [6.45, 7) is 8.74. The Kier molecular flexibility index (Phi) is 10.7. The summed E-state index contributed by atoms with van der Waals surface area (Å²) in [7, 11) is 0. The van der Waals surface area contributed by atoms with Crippen LogP contribution in [0.25, 0.3) is 0 Å². The number of pyridine rings is 1. The molecule has 5 rings (SSSR count). The number of aliphatic hydroxyl groups is 2. The van der Waals surface area contributed by atoms with Gasteiger partial charge in [-0.05, 0) is 61.9 Å². The monoisotopic (exact) mass is 613 g/mol. The normalized spacial score (nSPS) is 21.9. The summed E-state index contributed by atoms with van der Waals surface area (Å²) in [5, 5.41) is 28.5. The molecule has 0 bridgehead atoms. The van der Waals surface area contributed by atoms with Gasteiger partial charge in [0.1, 0.15) is 6.04 Å². The quantitative estimate of drug-likeness (QED) is 0.263. The minimum atomic E-state index is -0.833. The molecule has 9 heteroatoms. The molecule has 1 aliphatic heterocycles. The molecular weight excluding hydrogens is 566 g/mol. The zero-order valence-electron chi connectivity index (χ0n) is 26.6. The van der Waals surface area contributed by atoms with Gasteiger partial charge >= 0.3 is 0 Å². The summed E-state index contributed by atoms with van der Waals surface area (Å²) < 4.78 is 0. The third kappa shape index (κ3) is 8.98. The van der Waals surface area contributed by atoms with Crippen LogP contribution in [0.5, 0.6) is 0 Å². The van der Waals surface area contributed by atoms with E-state index in [1.165, 1.54) is 0 Å².